The van der Waals surface area contributed by atoms with Crippen LogP contribution in [0.2, 0.25) is 0 Å². The SMILES string of the molecule is O=C(C=Cc1cnc2c(c1)CCC(F)(F)C(=O)N2)N1CCC(=Cc2ncsn2)CC1. The number of aryl methyl sites for hydroxylation is 1. The van der Waals surface area contributed by atoms with Crippen molar-refractivity contribution in [3.05, 3.63) is 46.4 Å². The van der Waals surface area contributed by atoms with Crippen LogP contribution in [0.3, 0.4) is 0 Å². The lowest BCUT2D eigenvalue weighted by Crippen LogP contribution is -2.35. The zero-order chi connectivity index (χ0) is 21.1. The zero-order valence-electron chi connectivity index (χ0n) is 16.0. The Bertz CT molecular complexity index is 1010. The molecule has 10 heteroatoms. The van der Waals surface area contributed by atoms with Gasteiger partial charge in [0.15, 0.2) is 5.82 Å². The number of nitrogens with zero attached hydrogens (tertiary/aromatic N) is 4. The molecule has 2 aliphatic heterocycles. The second kappa shape index (κ2) is 8.39. The molecule has 1 fully saturated rings. The lowest BCUT2D eigenvalue weighted by Gasteiger charge is -2.27. The molecule has 0 radical (unpaired) electrons. The van der Waals surface area contributed by atoms with Gasteiger partial charge in [-0.15, -0.1) is 0 Å². The average molecular weight is 431 g/mol. The van der Waals surface area contributed by atoms with Gasteiger partial charge in [0.2, 0.25) is 5.91 Å². The summed E-state index contributed by atoms with van der Waals surface area (Å²) in [5.41, 5.74) is 4.05. The van der Waals surface area contributed by atoms with E-state index in [-0.39, 0.29) is 18.1 Å². The maximum atomic E-state index is 13.6. The number of likely N-dealkylation sites (tertiary alicyclic amines) is 1. The summed E-state index contributed by atoms with van der Waals surface area (Å²) < 4.78 is 31.4. The largest absolute Gasteiger partial charge is 0.339 e. The first-order valence-corrected chi connectivity index (χ1v) is 10.4. The number of pyridine rings is 1. The van der Waals surface area contributed by atoms with Crippen molar-refractivity contribution in [3.63, 3.8) is 0 Å². The maximum absolute atomic E-state index is 13.6. The van der Waals surface area contributed by atoms with Gasteiger partial charge in [-0.2, -0.15) is 13.2 Å². The molecule has 1 saturated heterocycles. The molecule has 2 aromatic rings. The van der Waals surface area contributed by atoms with Crippen LogP contribution in [0, 0.1) is 0 Å². The van der Waals surface area contributed by atoms with E-state index in [4.69, 9.17) is 0 Å². The van der Waals surface area contributed by atoms with E-state index in [1.54, 1.807) is 22.6 Å². The van der Waals surface area contributed by atoms with Crippen molar-refractivity contribution in [1.82, 2.24) is 19.2 Å². The average Bonchev–Trinajstić information content (AvgIpc) is 3.21. The number of carbonyl (C=O) groups excluding carboxylic acids is 2. The first kappa shape index (κ1) is 20.3. The van der Waals surface area contributed by atoms with Crippen LogP contribution in [0.4, 0.5) is 14.6 Å². The highest BCUT2D eigenvalue weighted by atomic mass is 32.1. The number of alkyl halides is 2. The normalized spacial score (nSPS) is 18.7. The van der Waals surface area contributed by atoms with Crippen LogP contribution in [-0.2, 0) is 16.0 Å². The fraction of sp³-hybridized carbons (Fsp3) is 0.350. The van der Waals surface area contributed by atoms with Crippen molar-refractivity contribution >= 4 is 41.3 Å². The van der Waals surface area contributed by atoms with Gasteiger partial charge in [0.1, 0.15) is 11.3 Å². The van der Waals surface area contributed by atoms with Crippen LogP contribution in [0.25, 0.3) is 12.2 Å². The van der Waals surface area contributed by atoms with Gasteiger partial charge in [0.05, 0.1) is 0 Å². The van der Waals surface area contributed by atoms with Gasteiger partial charge in [-0.05, 0) is 60.1 Å². The molecule has 30 heavy (non-hydrogen) atoms. The number of carbonyl (C=O) groups is 2. The molecule has 0 unspecified atom stereocenters. The molecule has 0 spiro atoms. The van der Waals surface area contributed by atoms with E-state index < -0.39 is 18.3 Å². The molecule has 4 heterocycles. The Morgan fingerprint density at radius 1 is 1.23 bits per heavy atom. The minimum atomic E-state index is -3.41. The van der Waals surface area contributed by atoms with Gasteiger partial charge in [0.25, 0.3) is 5.91 Å². The van der Waals surface area contributed by atoms with Gasteiger partial charge in [0, 0.05) is 31.8 Å². The second-order valence-electron chi connectivity index (χ2n) is 7.19. The van der Waals surface area contributed by atoms with Crippen molar-refractivity contribution in [3.8, 4) is 0 Å². The number of halogens is 2. The number of piperidine rings is 1. The predicted octanol–water partition coefficient (Wildman–Crippen LogP) is 3.17. The third-order valence-electron chi connectivity index (χ3n) is 5.11. The molecule has 7 nitrogen and oxygen atoms in total. The molecule has 0 bridgehead atoms. The minimum absolute atomic E-state index is 0.0266. The molecule has 0 saturated carbocycles. The molecule has 156 valence electrons. The van der Waals surface area contributed by atoms with Crippen LogP contribution >= 0.6 is 11.5 Å². The Labute approximate surface area is 175 Å². The van der Waals surface area contributed by atoms with Crippen molar-refractivity contribution in [2.75, 3.05) is 18.4 Å². The molecule has 1 N–H and O–H groups in total. The number of hydrogen-bond acceptors (Lipinski definition) is 6. The lowest BCUT2D eigenvalue weighted by molar-refractivity contribution is -0.140. The molecule has 2 aromatic heterocycles. The topological polar surface area (TPSA) is 88.1 Å². The molecular formula is C20H19F2N5O2S. The van der Waals surface area contributed by atoms with Crippen molar-refractivity contribution < 1.29 is 18.4 Å². The Morgan fingerprint density at radius 3 is 2.77 bits per heavy atom. The second-order valence-corrected chi connectivity index (χ2v) is 7.79. The number of anilines is 1. The quantitative estimate of drug-likeness (QED) is 0.755. The van der Waals surface area contributed by atoms with Crippen LogP contribution in [0.1, 0.15) is 36.2 Å². The molecule has 4 rings (SSSR count). The summed E-state index contributed by atoms with van der Waals surface area (Å²) in [5, 5.41) is 2.16. The van der Waals surface area contributed by atoms with Crippen molar-refractivity contribution in [2.24, 2.45) is 0 Å². The lowest BCUT2D eigenvalue weighted by atomic mass is 10.0. The molecule has 2 amide bonds. The van der Waals surface area contributed by atoms with Crippen LogP contribution in [0.15, 0.2) is 29.4 Å². The Hall–Kier alpha value is -3.01. The van der Waals surface area contributed by atoms with Crippen LogP contribution < -0.4 is 5.32 Å². The fourth-order valence-corrected chi connectivity index (χ4v) is 3.79. The van der Waals surface area contributed by atoms with Gasteiger partial charge in [-0.1, -0.05) is 5.57 Å². The highest BCUT2D eigenvalue weighted by Gasteiger charge is 2.41. The van der Waals surface area contributed by atoms with Gasteiger partial charge in [-0.3, -0.25) is 9.59 Å². The summed E-state index contributed by atoms with van der Waals surface area (Å²) in [4.78, 5) is 34.0. The van der Waals surface area contributed by atoms with E-state index in [1.165, 1.54) is 29.4 Å². The third kappa shape index (κ3) is 4.59. The van der Waals surface area contributed by atoms with E-state index in [9.17, 15) is 18.4 Å². The first-order valence-electron chi connectivity index (χ1n) is 9.52. The Balaban J connectivity index is 1.37. The van der Waals surface area contributed by atoms with E-state index in [0.29, 0.717) is 30.0 Å². The summed E-state index contributed by atoms with van der Waals surface area (Å²) in [6.45, 7) is 1.23. The summed E-state index contributed by atoms with van der Waals surface area (Å²) in [6, 6.07) is 1.67. The zero-order valence-corrected chi connectivity index (χ0v) is 16.8. The Morgan fingerprint density at radius 2 is 2.03 bits per heavy atom. The monoisotopic (exact) mass is 431 g/mol. The number of hydrogen-bond donors (Lipinski definition) is 1. The number of nitrogens with one attached hydrogen (secondary N) is 1. The van der Waals surface area contributed by atoms with Gasteiger partial charge < -0.3 is 10.2 Å². The molecule has 0 aromatic carbocycles. The summed E-state index contributed by atoms with van der Waals surface area (Å²) in [7, 11) is 0. The van der Waals surface area contributed by atoms with Gasteiger partial charge >= 0.3 is 5.92 Å². The summed E-state index contributed by atoms with van der Waals surface area (Å²) in [6.07, 6.45) is 7.50. The number of amides is 2. The van der Waals surface area contributed by atoms with E-state index >= 15 is 0 Å². The van der Waals surface area contributed by atoms with E-state index in [0.717, 1.165) is 12.8 Å². The van der Waals surface area contributed by atoms with E-state index in [1.807, 2.05) is 6.08 Å². The van der Waals surface area contributed by atoms with E-state index in [2.05, 4.69) is 19.7 Å². The minimum Gasteiger partial charge on any atom is -0.339 e. The fourth-order valence-electron chi connectivity index (χ4n) is 3.38. The van der Waals surface area contributed by atoms with Crippen LogP contribution in [0.5, 0.6) is 0 Å². The molecule has 0 aliphatic carbocycles. The van der Waals surface area contributed by atoms with Gasteiger partial charge in [-0.25, -0.2) is 9.97 Å². The van der Waals surface area contributed by atoms with Crippen molar-refractivity contribution in [1.29, 1.82) is 0 Å². The number of fused-ring (bicyclic) bond motifs is 1. The first-order chi connectivity index (χ1) is 14.4. The molecule has 2 aliphatic rings. The molecule has 0 atom stereocenters. The smallest absolute Gasteiger partial charge is 0.325 e. The highest BCUT2D eigenvalue weighted by molar-refractivity contribution is 7.03. The maximum Gasteiger partial charge on any atom is 0.325 e. The molecular weight excluding hydrogens is 412 g/mol. The predicted molar refractivity (Wildman–Crippen MR) is 109 cm³/mol. The third-order valence-corrected chi connectivity index (χ3v) is 5.60. The number of aromatic nitrogens is 3. The van der Waals surface area contributed by atoms with Crippen molar-refractivity contribution in [2.45, 2.75) is 31.6 Å². The number of rotatable bonds is 3. The summed E-state index contributed by atoms with van der Waals surface area (Å²) >= 11 is 1.31. The highest BCUT2D eigenvalue weighted by Crippen LogP contribution is 2.29. The summed E-state index contributed by atoms with van der Waals surface area (Å²) in [5.74, 6) is -4.01. The Kier molecular flexibility index (Phi) is 5.67. The van der Waals surface area contributed by atoms with Crippen LogP contribution in [-0.4, -0.2) is 50.1 Å². The standard InChI is InChI=1S/C20H19F2N5O2S/c21-20(22)6-3-15-9-14(11-23-18(15)25-19(20)29)1-2-17(28)27-7-4-13(5-8-27)10-16-24-12-30-26-16/h1-2,9-12H,3-8H2,(H,23,25,29).